The topological polar surface area (TPSA) is 55.4 Å². The third-order valence-electron chi connectivity index (χ3n) is 2.63. The Morgan fingerprint density at radius 1 is 1.38 bits per heavy atom. The van der Waals surface area contributed by atoms with E-state index in [2.05, 4.69) is 21.2 Å². The summed E-state index contributed by atoms with van der Waals surface area (Å²) in [7, 11) is 1.33. The lowest BCUT2D eigenvalue weighted by Gasteiger charge is -2.19. The zero-order valence-corrected chi connectivity index (χ0v) is 14.6. The van der Waals surface area contributed by atoms with Crippen LogP contribution in [0.5, 0.6) is 0 Å². The lowest BCUT2D eigenvalue weighted by Crippen LogP contribution is -2.24. The molecule has 7 heteroatoms. The normalized spacial score (nSPS) is 12.1. The van der Waals surface area contributed by atoms with Crippen molar-refractivity contribution in [1.29, 1.82) is 0 Å². The maximum absolute atomic E-state index is 13.8. The Hall–Kier alpha value is -1.08. The van der Waals surface area contributed by atoms with Gasteiger partial charge in [-0.25, -0.2) is 4.39 Å². The van der Waals surface area contributed by atoms with Gasteiger partial charge in [0.05, 0.1) is 12.8 Å². The Kier molecular flexibility index (Phi) is 6.67. The van der Waals surface area contributed by atoms with E-state index in [1.54, 1.807) is 0 Å². The smallest absolute Gasteiger partial charge is 0.319 e. The molecule has 1 aromatic rings. The van der Waals surface area contributed by atoms with E-state index in [0.717, 1.165) is 0 Å². The van der Waals surface area contributed by atoms with Crippen molar-refractivity contribution in [3.8, 4) is 0 Å². The molecule has 1 rings (SSSR count). The number of benzene rings is 1. The van der Waals surface area contributed by atoms with E-state index in [1.165, 1.54) is 37.9 Å². The molecule has 116 valence electrons. The van der Waals surface area contributed by atoms with Crippen LogP contribution in [-0.4, -0.2) is 24.2 Å². The van der Waals surface area contributed by atoms with Crippen molar-refractivity contribution in [1.82, 2.24) is 0 Å². The number of rotatable bonds is 5. The first-order valence-corrected chi connectivity index (χ1v) is 7.94. The molecule has 0 aliphatic rings. The lowest BCUT2D eigenvalue weighted by atomic mass is 10.1. The Balaban J connectivity index is 3.11. The van der Waals surface area contributed by atoms with Crippen molar-refractivity contribution in [3.05, 3.63) is 22.4 Å². The number of carbonyl (C=O) groups excluding carboxylic acids is 2. The first kappa shape index (κ1) is 18.0. The minimum absolute atomic E-state index is 0.0450. The van der Waals surface area contributed by atoms with Crippen molar-refractivity contribution in [3.63, 3.8) is 0 Å². The minimum atomic E-state index is -0.541. The van der Waals surface area contributed by atoms with Gasteiger partial charge in [0.1, 0.15) is 11.1 Å². The van der Waals surface area contributed by atoms with Gasteiger partial charge in [-0.3, -0.25) is 9.59 Å². The van der Waals surface area contributed by atoms with Gasteiger partial charge >= 0.3 is 5.97 Å². The second-order valence-corrected chi connectivity index (χ2v) is 6.79. The number of thioether (sulfide) groups is 1. The van der Waals surface area contributed by atoms with Gasteiger partial charge in [-0.1, -0.05) is 13.8 Å². The number of methoxy groups -OCH3 is 1. The van der Waals surface area contributed by atoms with Crippen LogP contribution >= 0.6 is 27.7 Å². The quantitative estimate of drug-likeness (QED) is 0.625. The highest BCUT2D eigenvalue weighted by molar-refractivity contribution is 9.10. The van der Waals surface area contributed by atoms with Gasteiger partial charge in [-0.15, -0.1) is 11.8 Å². The number of hydrogen-bond acceptors (Lipinski definition) is 4. The molecule has 1 unspecified atom stereocenters. The second kappa shape index (κ2) is 7.79. The number of ether oxygens (including phenoxy) is 1. The highest BCUT2D eigenvalue weighted by atomic mass is 79.9. The monoisotopic (exact) mass is 377 g/mol. The molecule has 1 amide bonds. The highest BCUT2D eigenvalue weighted by Gasteiger charge is 2.25. The summed E-state index contributed by atoms with van der Waals surface area (Å²) in [6, 6.07) is 2.77. The van der Waals surface area contributed by atoms with Crippen molar-refractivity contribution in [2.45, 2.75) is 30.9 Å². The fourth-order valence-corrected chi connectivity index (χ4v) is 3.31. The molecule has 0 aliphatic heterocycles. The van der Waals surface area contributed by atoms with Gasteiger partial charge in [-0.05, 0) is 34.0 Å². The molecule has 0 saturated carbocycles. The highest BCUT2D eigenvalue weighted by Crippen LogP contribution is 2.37. The number of anilines is 1. The third-order valence-corrected chi connectivity index (χ3v) is 5.13. The van der Waals surface area contributed by atoms with Crippen molar-refractivity contribution in [2.75, 3.05) is 12.4 Å². The number of amides is 1. The minimum Gasteiger partial charge on any atom is -0.468 e. The zero-order chi connectivity index (χ0) is 16.2. The van der Waals surface area contributed by atoms with Crippen LogP contribution in [0.25, 0.3) is 0 Å². The molecule has 0 radical (unpaired) electrons. The van der Waals surface area contributed by atoms with Crippen LogP contribution in [0.3, 0.4) is 0 Å². The summed E-state index contributed by atoms with van der Waals surface area (Å²) in [5.41, 5.74) is 0.0839. The van der Waals surface area contributed by atoms with Crippen LogP contribution in [0, 0.1) is 11.7 Å². The molecular weight excluding hydrogens is 361 g/mol. The molecule has 0 saturated heterocycles. The number of esters is 1. The third kappa shape index (κ3) is 5.00. The predicted octanol–water partition coefficient (Wildman–Crippen LogP) is 3.84. The second-order valence-electron chi connectivity index (χ2n) is 4.75. The van der Waals surface area contributed by atoms with Crippen LogP contribution < -0.4 is 5.32 Å². The van der Waals surface area contributed by atoms with E-state index < -0.39 is 11.1 Å². The molecule has 0 heterocycles. The van der Waals surface area contributed by atoms with E-state index in [-0.39, 0.29) is 23.5 Å². The van der Waals surface area contributed by atoms with Gasteiger partial charge in [-0.2, -0.15) is 0 Å². The Morgan fingerprint density at radius 2 is 2.00 bits per heavy atom. The van der Waals surface area contributed by atoms with E-state index in [1.807, 2.05) is 13.8 Å². The summed E-state index contributed by atoms with van der Waals surface area (Å²) in [6.07, 6.45) is 0. The first-order chi connectivity index (χ1) is 9.76. The summed E-state index contributed by atoms with van der Waals surface area (Å²) >= 11 is 4.54. The SMILES string of the molecule is COC(=O)C(Sc1cc(NC(C)=O)c(F)cc1Br)C(C)C. The maximum Gasteiger partial charge on any atom is 0.319 e. The summed E-state index contributed by atoms with van der Waals surface area (Å²) in [6.45, 7) is 5.11. The summed E-state index contributed by atoms with van der Waals surface area (Å²) < 4.78 is 19.1. The molecule has 0 fully saturated rings. The van der Waals surface area contributed by atoms with Crippen LogP contribution in [0.2, 0.25) is 0 Å². The Morgan fingerprint density at radius 3 is 2.48 bits per heavy atom. The zero-order valence-electron chi connectivity index (χ0n) is 12.2. The predicted molar refractivity (Wildman–Crippen MR) is 84.9 cm³/mol. The molecule has 0 aliphatic carbocycles. The number of carbonyl (C=O) groups is 2. The standard InChI is InChI=1S/C14H17BrFNO3S/c1-7(2)13(14(19)20-4)21-12-6-11(17-8(3)18)10(16)5-9(12)15/h5-7,13H,1-4H3,(H,17,18). The molecule has 0 aromatic heterocycles. The van der Waals surface area contributed by atoms with Crippen LogP contribution in [0.1, 0.15) is 20.8 Å². The lowest BCUT2D eigenvalue weighted by molar-refractivity contribution is -0.140. The Bertz CT molecular complexity index is 551. The van der Waals surface area contributed by atoms with E-state index in [0.29, 0.717) is 9.37 Å². The van der Waals surface area contributed by atoms with E-state index in [9.17, 15) is 14.0 Å². The maximum atomic E-state index is 13.8. The number of nitrogens with one attached hydrogen (secondary N) is 1. The van der Waals surface area contributed by atoms with Crippen LogP contribution in [0.15, 0.2) is 21.5 Å². The molecule has 1 aromatic carbocycles. The summed E-state index contributed by atoms with van der Waals surface area (Å²) in [5.74, 6) is -1.20. The van der Waals surface area contributed by atoms with Crippen molar-refractivity contribution >= 4 is 45.3 Å². The Labute approximate surface area is 135 Å². The molecule has 1 atom stereocenters. The first-order valence-electron chi connectivity index (χ1n) is 6.27. The van der Waals surface area contributed by atoms with Crippen molar-refractivity contribution in [2.24, 2.45) is 5.92 Å². The molecule has 0 bridgehead atoms. The fraction of sp³-hybridized carbons (Fsp3) is 0.429. The van der Waals surface area contributed by atoms with E-state index in [4.69, 9.17) is 4.74 Å². The number of hydrogen-bond donors (Lipinski definition) is 1. The van der Waals surface area contributed by atoms with Crippen LogP contribution in [-0.2, 0) is 14.3 Å². The van der Waals surface area contributed by atoms with Gasteiger partial charge in [0.2, 0.25) is 5.91 Å². The number of halogens is 2. The van der Waals surface area contributed by atoms with Gasteiger partial charge < -0.3 is 10.1 Å². The van der Waals surface area contributed by atoms with Crippen LogP contribution in [0.4, 0.5) is 10.1 Å². The molecule has 1 N–H and O–H groups in total. The fourth-order valence-electron chi connectivity index (χ4n) is 1.61. The van der Waals surface area contributed by atoms with Gasteiger partial charge in [0.15, 0.2) is 0 Å². The summed E-state index contributed by atoms with van der Waals surface area (Å²) in [4.78, 5) is 23.5. The summed E-state index contributed by atoms with van der Waals surface area (Å²) in [5, 5.41) is 2.01. The average molecular weight is 378 g/mol. The molecular formula is C14H17BrFNO3S. The largest absolute Gasteiger partial charge is 0.468 e. The average Bonchev–Trinajstić information content (AvgIpc) is 2.38. The molecule has 21 heavy (non-hydrogen) atoms. The van der Waals surface area contributed by atoms with Gasteiger partial charge in [0.25, 0.3) is 0 Å². The molecule has 0 spiro atoms. The van der Waals surface area contributed by atoms with E-state index >= 15 is 0 Å². The molecule has 4 nitrogen and oxygen atoms in total. The van der Waals surface area contributed by atoms with Gasteiger partial charge in [0, 0.05) is 16.3 Å². The van der Waals surface area contributed by atoms with Crippen molar-refractivity contribution < 1.29 is 18.7 Å².